The van der Waals surface area contributed by atoms with Crippen LogP contribution in [-0.2, 0) is 24.4 Å². The summed E-state index contributed by atoms with van der Waals surface area (Å²) in [5.41, 5.74) is 1.43. The number of ether oxygens (including phenoxy) is 1. The Bertz CT molecular complexity index is 953. The monoisotopic (exact) mass is 419 g/mol. The highest BCUT2D eigenvalue weighted by Crippen LogP contribution is 2.27. The van der Waals surface area contributed by atoms with Crippen molar-refractivity contribution < 1.29 is 19.3 Å². The van der Waals surface area contributed by atoms with E-state index in [2.05, 4.69) is 0 Å². The van der Waals surface area contributed by atoms with Crippen molar-refractivity contribution in [1.82, 2.24) is 9.13 Å². The molecular formula is C22H29FN2O5. The molecule has 1 fully saturated rings. The third-order valence-electron chi connectivity index (χ3n) is 5.59. The fraction of sp³-hybridized carbons (Fsp3) is 0.545. The topological polar surface area (TPSA) is 93.7 Å². The van der Waals surface area contributed by atoms with Crippen LogP contribution in [-0.4, -0.2) is 38.2 Å². The number of aryl methyl sites for hydroxylation is 2. The van der Waals surface area contributed by atoms with Gasteiger partial charge in [-0.25, -0.2) is 9.18 Å². The summed E-state index contributed by atoms with van der Waals surface area (Å²) in [7, 11) is 0. The summed E-state index contributed by atoms with van der Waals surface area (Å²) in [6, 6.07) is 7.42. The zero-order valence-corrected chi connectivity index (χ0v) is 17.2. The lowest BCUT2D eigenvalue weighted by Crippen LogP contribution is -2.42. The number of alkyl halides is 1. The molecule has 2 aromatic rings. The van der Waals surface area contributed by atoms with E-state index in [-0.39, 0.29) is 18.6 Å². The maximum Gasteiger partial charge on any atom is 0.333 e. The summed E-state index contributed by atoms with van der Waals surface area (Å²) in [5.74, 6) is 0. The Labute approximate surface area is 174 Å². The molecule has 0 spiro atoms. The third-order valence-corrected chi connectivity index (χ3v) is 5.59. The first kappa shape index (κ1) is 22.4. The Morgan fingerprint density at radius 2 is 1.83 bits per heavy atom. The van der Waals surface area contributed by atoms with Crippen LogP contribution in [0.25, 0.3) is 0 Å². The van der Waals surface area contributed by atoms with E-state index in [0.29, 0.717) is 24.1 Å². The highest BCUT2D eigenvalue weighted by molar-refractivity contribution is 5.22. The van der Waals surface area contributed by atoms with Gasteiger partial charge >= 0.3 is 5.69 Å². The predicted molar refractivity (Wildman–Crippen MR) is 110 cm³/mol. The molecule has 3 rings (SSSR count). The van der Waals surface area contributed by atoms with Gasteiger partial charge in [-0.2, -0.15) is 0 Å². The molecular weight excluding hydrogens is 390 g/mol. The van der Waals surface area contributed by atoms with Gasteiger partial charge in [-0.1, -0.05) is 30.7 Å². The predicted octanol–water partition coefficient (Wildman–Crippen LogP) is 1.84. The Morgan fingerprint density at radius 3 is 2.47 bits per heavy atom. The first-order valence-corrected chi connectivity index (χ1v) is 10.4. The van der Waals surface area contributed by atoms with E-state index in [4.69, 9.17) is 4.74 Å². The summed E-state index contributed by atoms with van der Waals surface area (Å²) < 4.78 is 20.7. The van der Waals surface area contributed by atoms with Gasteiger partial charge in [-0.3, -0.25) is 13.9 Å². The Balaban J connectivity index is 1.61. The average Bonchev–Trinajstić information content (AvgIpc) is 3.13. The van der Waals surface area contributed by atoms with Crippen LogP contribution in [0.1, 0.15) is 48.6 Å². The van der Waals surface area contributed by atoms with E-state index in [1.165, 1.54) is 15.3 Å². The molecule has 1 aliphatic rings. The Hall–Kier alpha value is -2.29. The first-order chi connectivity index (χ1) is 14.4. The second-order valence-electron chi connectivity index (χ2n) is 7.83. The molecule has 30 heavy (non-hydrogen) atoms. The number of nitrogens with zero attached hydrogens (tertiary/aromatic N) is 2. The Kier molecular flexibility index (Phi) is 7.58. The van der Waals surface area contributed by atoms with E-state index in [9.17, 15) is 24.2 Å². The number of unbranched alkanes of at least 4 members (excludes halogenated alkanes) is 2. The lowest BCUT2D eigenvalue weighted by molar-refractivity contribution is -0.0464. The molecule has 7 nitrogen and oxygen atoms in total. The van der Waals surface area contributed by atoms with Gasteiger partial charge in [-0.05, 0) is 37.3 Å². The smallest absolute Gasteiger partial charge is 0.333 e. The van der Waals surface area contributed by atoms with Crippen molar-refractivity contribution in [2.75, 3.05) is 6.61 Å². The fourth-order valence-corrected chi connectivity index (χ4v) is 3.78. The van der Waals surface area contributed by atoms with Crippen molar-refractivity contribution in [2.45, 2.75) is 70.7 Å². The van der Waals surface area contributed by atoms with Crippen LogP contribution >= 0.6 is 0 Å². The maximum atomic E-state index is 12.8. The van der Waals surface area contributed by atoms with Gasteiger partial charge in [0.1, 0.15) is 19.0 Å². The van der Waals surface area contributed by atoms with E-state index in [1.54, 1.807) is 19.1 Å². The number of hydrogen-bond donors (Lipinski definition) is 2. The quantitative estimate of drug-likeness (QED) is 0.605. The lowest BCUT2D eigenvalue weighted by Gasteiger charge is -2.17. The lowest BCUT2D eigenvalue weighted by atomic mass is 10.1. The van der Waals surface area contributed by atoms with Crippen LogP contribution < -0.4 is 11.2 Å². The number of halogens is 1. The van der Waals surface area contributed by atoms with Crippen LogP contribution in [0.15, 0.2) is 40.1 Å². The van der Waals surface area contributed by atoms with Gasteiger partial charge in [0.2, 0.25) is 0 Å². The molecule has 0 saturated carbocycles. The van der Waals surface area contributed by atoms with Crippen LogP contribution in [0.2, 0.25) is 0 Å². The van der Waals surface area contributed by atoms with Gasteiger partial charge in [-0.15, -0.1) is 0 Å². The molecule has 1 aromatic carbocycles. The highest BCUT2D eigenvalue weighted by Gasteiger charge is 2.35. The van der Waals surface area contributed by atoms with Gasteiger partial charge < -0.3 is 14.9 Å². The molecule has 8 heteroatoms. The van der Waals surface area contributed by atoms with Crippen LogP contribution in [0.4, 0.5) is 4.39 Å². The number of benzene rings is 1. The standard InChI is InChI=1S/C22H29FN2O5/c1-15-13-25(20-11-18(27)19(14-26)30-20)22(29)24(21(15)28)10-4-2-3-5-16-6-8-17(12-23)9-7-16/h6-9,13,18-20,26-27H,2-5,10-12,14H2,1H3/t18-,19+,20+/m0/s1/i23-1. The second-order valence-corrected chi connectivity index (χ2v) is 7.83. The molecule has 0 bridgehead atoms. The number of aliphatic hydroxyl groups excluding tert-OH is 2. The number of rotatable bonds is 9. The first-order valence-electron chi connectivity index (χ1n) is 10.4. The Morgan fingerprint density at radius 1 is 1.13 bits per heavy atom. The molecule has 0 aliphatic carbocycles. The highest BCUT2D eigenvalue weighted by atomic mass is 18.2. The molecule has 0 unspecified atom stereocenters. The van der Waals surface area contributed by atoms with Crippen molar-refractivity contribution in [3.05, 3.63) is 68.0 Å². The number of aromatic nitrogens is 2. The van der Waals surface area contributed by atoms with E-state index in [0.717, 1.165) is 24.8 Å². The second kappa shape index (κ2) is 10.1. The molecule has 0 amide bonds. The van der Waals surface area contributed by atoms with Crippen molar-refractivity contribution in [3.63, 3.8) is 0 Å². The SMILES string of the molecule is Cc1cn([C@H]2C[C@H](O)[C@@H](CO)O2)c(=O)n(CCCCCc2ccc(C[18F])cc2)c1=O. The average molecular weight is 419 g/mol. The van der Waals surface area contributed by atoms with Crippen molar-refractivity contribution in [3.8, 4) is 0 Å². The van der Waals surface area contributed by atoms with Gasteiger partial charge in [0.05, 0.1) is 12.7 Å². The summed E-state index contributed by atoms with van der Waals surface area (Å²) in [6.45, 7) is 1.15. The molecule has 2 heterocycles. The molecule has 1 saturated heterocycles. The van der Waals surface area contributed by atoms with Crippen LogP contribution in [0.5, 0.6) is 0 Å². The molecule has 164 valence electrons. The molecule has 0 radical (unpaired) electrons. The van der Waals surface area contributed by atoms with Crippen LogP contribution in [0, 0.1) is 6.92 Å². The van der Waals surface area contributed by atoms with Gasteiger partial charge in [0.15, 0.2) is 0 Å². The van der Waals surface area contributed by atoms with Crippen molar-refractivity contribution >= 4 is 0 Å². The van der Waals surface area contributed by atoms with E-state index >= 15 is 0 Å². The van der Waals surface area contributed by atoms with Crippen LogP contribution in [0.3, 0.4) is 0 Å². The summed E-state index contributed by atoms with van der Waals surface area (Å²) in [4.78, 5) is 25.3. The zero-order chi connectivity index (χ0) is 21.7. The van der Waals surface area contributed by atoms with Crippen molar-refractivity contribution in [2.24, 2.45) is 0 Å². The minimum atomic E-state index is -0.855. The molecule has 1 aliphatic heterocycles. The van der Waals surface area contributed by atoms with Gasteiger partial charge in [0, 0.05) is 24.7 Å². The molecule has 1 aromatic heterocycles. The summed E-state index contributed by atoms with van der Waals surface area (Å²) in [6.07, 6.45) is 2.62. The van der Waals surface area contributed by atoms with E-state index in [1.807, 2.05) is 12.1 Å². The summed E-state index contributed by atoms with van der Waals surface area (Å²) >= 11 is 0. The van der Waals surface area contributed by atoms with E-state index < -0.39 is 30.8 Å². The largest absolute Gasteiger partial charge is 0.394 e. The molecule has 2 N–H and O–H groups in total. The van der Waals surface area contributed by atoms with Gasteiger partial charge in [0.25, 0.3) is 5.56 Å². The molecule has 3 atom stereocenters. The summed E-state index contributed by atoms with van der Waals surface area (Å²) in [5, 5.41) is 19.2. The van der Waals surface area contributed by atoms with Crippen molar-refractivity contribution in [1.29, 1.82) is 0 Å². The fourth-order valence-electron chi connectivity index (χ4n) is 3.78. The number of hydrogen-bond acceptors (Lipinski definition) is 5. The maximum absolute atomic E-state index is 12.8. The third kappa shape index (κ3) is 5.06. The normalized spacial score (nSPS) is 21.3. The minimum Gasteiger partial charge on any atom is -0.394 e. The zero-order valence-electron chi connectivity index (χ0n) is 17.2. The minimum absolute atomic E-state index is 0.184. The number of aliphatic hydroxyl groups is 2.